The van der Waals surface area contributed by atoms with Gasteiger partial charge in [0, 0.05) is 18.8 Å². The molecule has 0 atom stereocenters. The van der Waals surface area contributed by atoms with Crippen molar-refractivity contribution >= 4 is 38.9 Å². The van der Waals surface area contributed by atoms with Crippen molar-refractivity contribution in [3.8, 4) is 5.75 Å². The number of amides is 1. The highest BCUT2D eigenvalue weighted by Crippen LogP contribution is 2.18. The van der Waals surface area contributed by atoms with Crippen molar-refractivity contribution in [2.75, 3.05) is 25.1 Å². The molecule has 0 unspecified atom stereocenters. The molecule has 0 bridgehead atoms. The predicted molar refractivity (Wildman–Crippen MR) is 139 cm³/mol. The molecule has 3 aromatic rings. The quantitative estimate of drug-likeness (QED) is 0.265. The zero-order valence-electron chi connectivity index (χ0n) is 19.2. The number of rotatable bonds is 11. The van der Waals surface area contributed by atoms with Crippen LogP contribution >= 0.6 is 12.2 Å². The summed E-state index contributed by atoms with van der Waals surface area (Å²) in [7, 11) is -3.68. The van der Waals surface area contributed by atoms with Crippen LogP contribution in [0.2, 0.25) is 0 Å². The minimum Gasteiger partial charge on any atom is -0.490 e. The fraction of sp³-hybridized carbons (Fsp3) is 0.200. The first-order chi connectivity index (χ1) is 16.9. The molecule has 0 saturated carbocycles. The molecular formula is C25H27N3O5S2. The van der Waals surface area contributed by atoms with E-state index in [0.29, 0.717) is 36.8 Å². The molecule has 8 nitrogen and oxygen atoms in total. The number of carbonyl (C=O) groups excluding carboxylic acids is 1. The largest absolute Gasteiger partial charge is 0.490 e. The van der Waals surface area contributed by atoms with Gasteiger partial charge in [-0.05, 0) is 61.1 Å². The zero-order chi connectivity index (χ0) is 25.1. The number of nitrogens with one attached hydrogen (secondary N) is 3. The van der Waals surface area contributed by atoms with E-state index in [0.717, 1.165) is 5.56 Å². The first-order valence-corrected chi connectivity index (χ1v) is 12.8. The summed E-state index contributed by atoms with van der Waals surface area (Å²) in [5, 5.41) is 5.56. The Balaban J connectivity index is 1.55. The van der Waals surface area contributed by atoms with Crippen LogP contribution in [-0.2, 0) is 21.3 Å². The maximum Gasteiger partial charge on any atom is 0.261 e. The van der Waals surface area contributed by atoms with Crippen molar-refractivity contribution in [2.24, 2.45) is 0 Å². The Bertz CT molecular complexity index is 1230. The maximum atomic E-state index is 12.7. The van der Waals surface area contributed by atoms with Crippen molar-refractivity contribution in [3.63, 3.8) is 0 Å². The van der Waals surface area contributed by atoms with Gasteiger partial charge in [-0.15, -0.1) is 0 Å². The fourth-order valence-electron chi connectivity index (χ4n) is 3.04. The average Bonchev–Trinajstić information content (AvgIpc) is 2.86. The summed E-state index contributed by atoms with van der Waals surface area (Å²) in [4.78, 5) is 12.8. The van der Waals surface area contributed by atoms with Crippen LogP contribution in [0.1, 0.15) is 22.8 Å². The van der Waals surface area contributed by atoms with E-state index in [9.17, 15) is 13.2 Å². The van der Waals surface area contributed by atoms with Crippen LogP contribution in [0.15, 0.2) is 83.8 Å². The number of hydrogen-bond acceptors (Lipinski definition) is 6. The number of hydrogen-bond donors (Lipinski definition) is 3. The van der Waals surface area contributed by atoms with Gasteiger partial charge in [-0.3, -0.25) is 10.1 Å². The number of benzene rings is 3. The summed E-state index contributed by atoms with van der Waals surface area (Å²) in [6.45, 7) is 3.40. The third kappa shape index (κ3) is 8.15. The Hall–Kier alpha value is -3.31. The van der Waals surface area contributed by atoms with Crippen LogP contribution in [0.4, 0.5) is 5.69 Å². The highest BCUT2D eigenvalue weighted by atomic mass is 32.2. The molecule has 184 valence electrons. The number of sulfonamides is 1. The first kappa shape index (κ1) is 26.3. The van der Waals surface area contributed by atoms with Crippen LogP contribution in [0.5, 0.6) is 5.75 Å². The molecule has 10 heteroatoms. The molecule has 0 aliphatic carbocycles. The summed E-state index contributed by atoms with van der Waals surface area (Å²) >= 11 is 5.25. The fourth-order valence-corrected chi connectivity index (χ4v) is 4.27. The van der Waals surface area contributed by atoms with Crippen molar-refractivity contribution in [2.45, 2.75) is 18.4 Å². The van der Waals surface area contributed by atoms with Crippen LogP contribution in [0.25, 0.3) is 0 Å². The third-order valence-electron chi connectivity index (χ3n) is 4.78. The van der Waals surface area contributed by atoms with Crippen molar-refractivity contribution in [1.29, 1.82) is 0 Å². The molecule has 3 N–H and O–H groups in total. The molecule has 0 spiro atoms. The average molecular weight is 514 g/mol. The summed E-state index contributed by atoms with van der Waals surface area (Å²) < 4.78 is 38.6. The van der Waals surface area contributed by atoms with Gasteiger partial charge in [0.15, 0.2) is 5.11 Å². The van der Waals surface area contributed by atoms with Gasteiger partial charge < -0.3 is 14.8 Å². The van der Waals surface area contributed by atoms with Gasteiger partial charge in [0.25, 0.3) is 5.91 Å². The third-order valence-corrected chi connectivity index (χ3v) is 6.40. The Labute approximate surface area is 210 Å². The summed E-state index contributed by atoms with van der Waals surface area (Å²) in [5.74, 6) is -0.0103. The van der Waals surface area contributed by atoms with Gasteiger partial charge in [-0.25, -0.2) is 13.1 Å². The van der Waals surface area contributed by atoms with Gasteiger partial charge in [0.1, 0.15) is 12.4 Å². The van der Waals surface area contributed by atoms with Crippen molar-refractivity contribution < 1.29 is 22.7 Å². The van der Waals surface area contributed by atoms with E-state index in [1.165, 1.54) is 12.1 Å². The number of thiocarbonyl (C=S) groups is 1. The molecule has 0 radical (unpaired) electrons. The summed E-state index contributed by atoms with van der Waals surface area (Å²) in [6.07, 6.45) is 0. The van der Waals surface area contributed by atoms with Gasteiger partial charge in [-0.2, -0.15) is 0 Å². The lowest BCUT2D eigenvalue weighted by Gasteiger charge is -2.13. The lowest BCUT2D eigenvalue weighted by Crippen LogP contribution is -2.34. The van der Waals surface area contributed by atoms with E-state index < -0.39 is 15.9 Å². The second kappa shape index (κ2) is 13.0. The van der Waals surface area contributed by atoms with Crippen LogP contribution in [0.3, 0.4) is 0 Å². The Morgan fingerprint density at radius 2 is 1.60 bits per heavy atom. The predicted octanol–water partition coefficient (Wildman–Crippen LogP) is 3.71. The monoisotopic (exact) mass is 513 g/mol. The van der Waals surface area contributed by atoms with E-state index in [1.807, 2.05) is 37.3 Å². The van der Waals surface area contributed by atoms with Gasteiger partial charge >= 0.3 is 0 Å². The molecular weight excluding hydrogens is 486 g/mol. The molecule has 0 aliphatic rings. The number of para-hydroxylation sites is 1. The smallest absolute Gasteiger partial charge is 0.261 e. The van der Waals surface area contributed by atoms with E-state index in [1.54, 1.807) is 36.4 Å². The first-order valence-electron chi connectivity index (χ1n) is 10.9. The van der Waals surface area contributed by atoms with Gasteiger partial charge in [-0.1, -0.05) is 42.5 Å². The minimum absolute atomic E-state index is 0.0666. The van der Waals surface area contributed by atoms with E-state index in [4.69, 9.17) is 21.7 Å². The number of ether oxygens (including phenoxy) is 2. The molecule has 0 aliphatic heterocycles. The maximum absolute atomic E-state index is 12.7. The molecule has 0 saturated heterocycles. The lowest BCUT2D eigenvalue weighted by molar-refractivity contribution is 0.0958. The minimum atomic E-state index is -3.68. The summed E-state index contributed by atoms with van der Waals surface area (Å²) in [6, 6.07) is 22.1. The Kier molecular flexibility index (Phi) is 9.74. The van der Waals surface area contributed by atoms with Crippen molar-refractivity contribution in [1.82, 2.24) is 10.0 Å². The second-order valence-electron chi connectivity index (χ2n) is 7.28. The number of anilines is 1. The van der Waals surface area contributed by atoms with E-state index >= 15 is 0 Å². The van der Waals surface area contributed by atoms with E-state index in [-0.39, 0.29) is 16.6 Å². The zero-order valence-corrected chi connectivity index (χ0v) is 20.8. The number of carbonyl (C=O) groups is 1. The van der Waals surface area contributed by atoms with Gasteiger partial charge in [0.05, 0.1) is 17.1 Å². The SMILES string of the molecule is CCOCCOc1ccccc1C(=O)NC(=S)Nc1ccc(S(=O)(=O)NCc2ccccc2)cc1. The normalized spacial score (nSPS) is 11.0. The second-order valence-corrected chi connectivity index (χ2v) is 9.46. The van der Waals surface area contributed by atoms with E-state index in [2.05, 4.69) is 15.4 Å². The Morgan fingerprint density at radius 1 is 0.914 bits per heavy atom. The van der Waals surface area contributed by atoms with Crippen LogP contribution < -0.4 is 20.1 Å². The molecule has 0 fully saturated rings. The van der Waals surface area contributed by atoms with Crippen LogP contribution in [-0.4, -0.2) is 39.3 Å². The highest BCUT2D eigenvalue weighted by molar-refractivity contribution is 7.89. The topological polar surface area (TPSA) is 106 Å². The lowest BCUT2D eigenvalue weighted by atomic mass is 10.2. The Morgan fingerprint density at radius 3 is 2.31 bits per heavy atom. The molecule has 0 heterocycles. The standard InChI is InChI=1S/C25H27N3O5S2/c1-2-32-16-17-33-23-11-7-6-10-22(23)24(29)28-25(34)27-20-12-14-21(15-13-20)35(30,31)26-18-19-8-4-3-5-9-19/h3-15,26H,2,16-18H2,1H3,(H2,27,28,29,34). The molecule has 1 amide bonds. The molecule has 35 heavy (non-hydrogen) atoms. The molecule has 0 aromatic heterocycles. The van der Waals surface area contributed by atoms with Gasteiger partial charge in [0.2, 0.25) is 10.0 Å². The summed E-state index contributed by atoms with van der Waals surface area (Å²) in [5.41, 5.74) is 1.72. The van der Waals surface area contributed by atoms with Crippen molar-refractivity contribution in [3.05, 3.63) is 90.0 Å². The molecule has 3 rings (SSSR count). The molecule has 3 aromatic carbocycles. The highest BCUT2D eigenvalue weighted by Gasteiger charge is 2.15. The van der Waals surface area contributed by atoms with Crippen LogP contribution in [0, 0.1) is 0 Å².